The molecule has 0 saturated heterocycles. The van der Waals surface area contributed by atoms with Gasteiger partial charge in [-0.25, -0.2) is 0 Å². The molecule has 0 aromatic carbocycles. The summed E-state index contributed by atoms with van der Waals surface area (Å²) in [4.78, 5) is 3.11. The highest BCUT2D eigenvalue weighted by Crippen LogP contribution is 2.48. The predicted molar refractivity (Wildman–Crippen MR) is 151 cm³/mol. The first-order valence-corrected chi connectivity index (χ1v) is 16.9. The van der Waals surface area contributed by atoms with Crippen LogP contribution in [0.1, 0.15) is 172 Å². The van der Waals surface area contributed by atoms with Gasteiger partial charge in [0, 0.05) is 30.0 Å². The third-order valence-corrected chi connectivity index (χ3v) is 11.7. The molecule has 3 unspecified atom stereocenters. The SMILES string of the molecule is CCCC1CCC(N(C2CCCCC2)C2CCC(c3nnc(C4CCCC5CCCCC54)o3)CC2)CC1. The van der Waals surface area contributed by atoms with Crippen molar-refractivity contribution in [2.75, 3.05) is 0 Å². The molecule has 1 heterocycles. The number of aromatic nitrogens is 2. The van der Waals surface area contributed by atoms with E-state index in [1.165, 1.54) is 141 Å². The Morgan fingerprint density at radius 2 is 1.24 bits per heavy atom. The number of nitrogens with zero attached hydrogens (tertiary/aromatic N) is 3. The van der Waals surface area contributed by atoms with Crippen molar-refractivity contribution < 1.29 is 4.42 Å². The van der Waals surface area contributed by atoms with Crippen LogP contribution in [-0.4, -0.2) is 33.2 Å². The first-order chi connectivity index (χ1) is 18.3. The van der Waals surface area contributed by atoms with Gasteiger partial charge in [-0.1, -0.05) is 71.1 Å². The van der Waals surface area contributed by atoms with Crippen LogP contribution in [0.5, 0.6) is 0 Å². The molecular formula is C33H55N3O. The van der Waals surface area contributed by atoms with Gasteiger partial charge in [0.25, 0.3) is 0 Å². The lowest BCUT2D eigenvalue weighted by molar-refractivity contribution is 0.0117. The van der Waals surface area contributed by atoms with Gasteiger partial charge in [-0.05, 0) is 94.8 Å². The lowest BCUT2D eigenvalue weighted by Gasteiger charge is -2.48. The molecule has 0 radical (unpaired) electrons. The average Bonchev–Trinajstić information content (AvgIpc) is 3.45. The van der Waals surface area contributed by atoms with Crippen LogP contribution in [0.3, 0.4) is 0 Å². The molecule has 0 bridgehead atoms. The fourth-order valence-electron chi connectivity index (χ4n) is 9.84. The van der Waals surface area contributed by atoms with E-state index < -0.39 is 0 Å². The molecule has 1 aromatic rings. The average molecular weight is 510 g/mol. The molecule has 208 valence electrons. The highest BCUT2D eigenvalue weighted by Gasteiger charge is 2.40. The Morgan fingerprint density at radius 3 is 2.00 bits per heavy atom. The lowest BCUT2D eigenvalue weighted by Crippen LogP contribution is -2.52. The summed E-state index contributed by atoms with van der Waals surface area (Å²) in [5, 5.41) is 9.40. The van der Waals surface area contributed by atoms with Crippen LogP contribution in [0, 0.1) is 17.8 Å². The maximum absolute atomic E-state index is 6.54. The summed E-state index contributed by atoms with van der Waals surface area (Å²) in [6.45, 7) is 2.37. The van der Waals surface area contributed by atoms with Gasteiger partial charge in [-0.15, -0.1) is 10.2 Å². The van der Waals surface area contributed by atoms with E-state index in [1.54, 1.807) is 0 Å². The maximum atomic E-state index is 6.54. The molecule has 0 N–H and O–H groups in total. The van der Waals surface area contributed by atoms with Crippen LogP contribution in [0.4, 0.5) is 0 Å². The standard InChI is InChI=1S/C33H55N3O/c1-2-9-24-16-20-28(21-17-24)36(27-12-4-3-5-13-27)29-22-18-26(19-23-29)32-34-35-33(37-32)31-15-8-11-25-10-6-7-14-30(25)31/h24-31H,2-23H2,1H3. The molecule has 5 aliphatic rings. The second-order valence-electron chi connectivity index (χ2n) is 13.9. The van der Waals surface area contributed by atoms with Crippen LogP contribution in [0.15, 0.2) is 4.42 Å². The molecule has 0 aliphatic heterocycles. The highest BCUT2D eigenvalue weighted by atomic mass is 16.4. The number of fused-ring (bicyclic) bond motifs is 1. The Morgan fingerprint density at radius 1 is 0.622 bits per heavy atom. The zero-order valence-corrected chi connectivity index (χ0v) is 23.9. The minimum atomic E-state index is 0.497. The molecular weight excluding hydrogens is 454 g/mol. The van der Waals surface area contributed by atoms with Crippen LogP contribution in [-0.2, 0) is 0 Å². The van der Waals surface area contributed by atoms with Crippen LogP contribution in [0.25, 0.3) is 0 Å². The lowest BCUT2D eigenvalue weighted by atomic mass is 9.65. The smallest absolute Gasteiger partial charge is 0.219 e. The Kier molecular flexibility index (Phi) is 8.91. The highest BCUT2D eigenvalue weighted by molar-refractivity contribution is 5.04. The van der Waals surface area contributed by atoms with Crippen LogP contribution >= 0.6 is 0 Å². The molecule has 6 rings (SSSR count). The van der Waals surface area contributed by atoms with Gasteiger partial charge in [0.1, 0.15) is 0 Å². The fraction of sp³-hybridized carbons (Fsp3) is 0.939. The Bertz CT molecular complexity index is 813. The Labute approximate surface area is 227 Å². The molecule has 0 amide bonds. The molecule has 4 heteroatoms. The topological polar surface area (TPSA) is 42.2 Å². The third-order valence-electron chi connectivity index (χ3n) is 11.7. The van der Waals surface area contributed by atoms with Gasteiger partial charge in [0.2, 0.25) is 11.8 Å². The largest absolute Gasteiger partial charge is 0.425 e. The maximum Gasteiger partial charge on any atom is 0.219 e. The summed E-state index contributed by atoms with van der Waals surface area (Å²) in [6.07, 6.45) is 30.8. The Hall–Kier alpha value is -0.900. The summed E-state index contributed by atoms with van der Waals surface area (Å²) in [5.41, 5.74) is 0. The van der Waals surface area contributed by atoms with Crippen LogP contribution < -0.4 is 0 Å². The van der Waals surface area contributed by atoms with E-state index in [1.807, 2.05) is 0 Å². The van der Waals surface area contributed by atoms with E-state index in [4.69, 9.17) is 14.6 Å². The second kappa shape index (κ2) is 12.5. The summed E-state index contributed by atoms with van der Waals surface area (Å²) in [6, 6.07) is 2.49. The molecule has 1 aromatic heterocycles. The van der Waals surface area contributed by atoms with Crippen molar-refractivity contribution >= 4 is 0 Å². The zero-order valence-electron chi connectivity index (χ0n) is 23.9. The molecule has 3 atom stereocenters. The number of hydrogen-bond donors (Lipinski definition) is 0. The van der Waals surface area contributed by atoms with E-state index in [2.05, 4.69) is 11.8 Å². The van der Waals surface area contributed by atoms with Gasteiger partial charge in [-0.2, -0.15) is 0 Å². The first kappa shape index (κ1) is 26.3. The van der Waals surface area contributed by atoms with E-state index in [-0.39, 0.29) is 0 Å². The minimum absolute atomic E-state index is 0.497. The summed E-state index contributed by atoms with van der Waals surface area (Å²) < 4.78 is 6.54. The first-order valence-electron chi connectivity index (χ1n) is 16.9. The van der Waals surface area contributed by atoms with Crippen molar-refractivity contribution in [2.24, 2.45) is 17.8 Å². The van der Waals surface area contributed by atoms with Crippen molar-refractivity contribution in [1.82, 2.24) is 15.1 Å². The van der Waals surface area contributed by atoms with Gasteiger partial charge in [0.15, 0.2) is 0 Å². The minimum Gasteiger partial charge on any atom is -0.425 e. The van der Waals surface area contributed by atoms with Crippen molar-refractivity contribution in [3.8, 4) is 0 Å². The molecule has 5 aliphatic carbocycles. The third kappa shape index (κ3) is 5.99. The zero-order chi connectivity index (χ0) is 25.0. The van der Waals surface area contributed by atoms with E-state index in [0.29, 0.717) is 11.8 Å². The van der Waals surface area contributed by atoms with E-state index >= 15 is 0 Å². The summed E-state index contributed by atoms with van der Waals surface area (Å²) in [7, 11) is 0. The van der Waals surface area contributed by atoms with Gasteiger partial charge in [0.05, 0.1) is 0 Å². The number of hydrogen-bond acceptors (Lipinski definition) is 4. The van der Waals surface area contributed by atoms with Crippen LogP contribution in [0.2, 0.25) is 0 Å². The molecule has 37 heavy (non-hydrogen) atoms. The molecule has 5 saturated carbocycles. The second-order valence-corrected chi connectivity index (χ2v) is 13.9. The van der Waals surface area contributed by atoms with Gasteiger partial charge >= 0.3 is 0 Å². The van der Waals surface area contributed by atoms with E-state index in [0.717, 1.165) is 47.7 Å². The monoisotopic (exact) mass is 509 g/mol. The van der Waals surface area contributed by atoms with Crippen molar-refractivity contribution in [3.05, 3.63) is 11.8 Å². The van der Waals surface area contributed by atoms with Gasteiger partial charge in [-0.3, -0.25) is 4.90 Å². The van der Waals surface area contributed by atoms with Crippen molar-refractivity contribution in [2.45, 2.75) is 178 Å². The Balaban J connectivity index is 1.08. The molecule has 5 fully saturated rings. The normalized spacial score (nSPS) is 37.9. The van der Waals surface area contributed by atoms with E-state index in [9.17, 15) is 0 Å². The van der Waals surface area contributed by atoms with Crippen molar-refractivity contribution in [3.63, 3.8) is 0 Å². The van der Waals surface area contributed by atoms with Crippen molar-refractivity contribution in [1.29, 1.82) is 0 Å². The van der Waals surface area contributed by atoms with Gasteiger partial charge < -0.3 is 4.42 Å². The fourth-order valence-corrected chi connectivity index (χ4v) is 9.84. The predicted octanol–water partition coefficient (Wildman–Crippen LogP) is 9.16. The molecule has 4 nitrogen and oxygen atoms in total. The molecule has 0 spiro atoms. The number of rotatable bonds is 7. The summed E-state index contributed by atoms with van der Waals surface area (Å²) >= 11 is 0. The quantitative estimate of drug-likeness (QED) is 0.367. The summed E-state index contributed by atoms with van der Waals surface area (Å²) in [5.74, 6) is 5.75.